The summed E-state index contributed by atoms with van der Waals surface area (Å²) in [5, 5.41) is 3.37. The molecule has 0 unspecified atom stereocenters. The van der Waals surface area contributed by atoms with Crippen LogP contribution in [0.5, 0.6) is 0 Å². The number of rotatable bonds is 3. The number of nitrogens with one attached hydrogen (secondary N) is 1. The molecule has 1 aromatic heterocycles. The van der Waals surface area contributed by atoms with E-state index in [9.17, 15) is 0 Å². The van der Waals surface area contributed by atoms with Crippen LogP contribution in [-0.2, 0) is 19.4 Å². The van der Waals surface area contributed by atoms with Crippen LogP contribution in [0.1, 0.15) is 53.8 Å². The Hall–Kier alpha value is -1.03. The van der Waals surface area contributed by atoms with E-state index in [1.165, 1.54) is 56.2 Å². The highest BCUT2D eigenvalue weighted by molar-refractivity contribution is 7.12. The van der Waals surface area contributed by atoms with Gasteiger partial charge >= 0.3 is 0 Å². The standard InChI is InChI=1S/C15H23N3S/c16-15(18-12-6-2-1-3-7-12)17-10-13-9-11-5-4-8-14(11)19-13/h9,12H,1-8,10H2,(H3,16,17,18). The van der Waals surface area contributed by atoms with Crippen molar-refractivity contribution in [1.82, 2.24) is 5.32 Å². The molecule has 2 aliphatic carbocycles. The molecule has 2 aliphatic rings. The summed E-state index contributed by atoms with van der Waals surface area (Å²) >= 11 is 1.92. The van der Waals surface area contributed by atoms with Crippen molar-refractivity contribution in [2.24, 2.45) is 10.7 Å². The molecule has 1 fully saturated rings. The van der Waals surface area contributed by atoms with Crippen LogP contribution >= 0.6 is 11.3 Å². The zero-order valence-corrected chi connectivity index (χ0v) is 12.3. The van der Waals surface area contributed by atoms with Gasteiger partial charge in [-0.05, 0) is 43.7 Å². The fourth-order valence-electron chi connectivity index (χ4n) is 3.13. The van der Waals surface area contributed by atoms with Crippen molar-refractivity contribution >= 4 is 17.3 Å². The Morgan fingerprint density at radius 1 is 1.26 bits per heavy atom. The molecule has 1 aromatic rings. The number of aliphatic imine (C=N–C) groups is 1. The zero-order chi connectivity index (χ0) is 13.1. The van der Waals surface area contributed by atoms with Crippen LogP contribution in [0.2, 0.25) is 0 Å². The number of hydrogen-bond acceptors (Lipinski definition) is 2. The van der Waals surface area contributed by atoms with Crippen molar-refractivity contribution in [1.29, 1.82) is 0 Å². The van der Waals surface area contributed by atoms with E-state index in [1.807, 2.05) is 11.3 Å². The fourth-order valence-corrected chi connectivity index (χ4v) is 4.32. The van der Waals surface area contributed by atoms with Gasteiger partial charge in [0.1, 0.15) is 0 Å². The average molecular weight is 277 g/mol. The third-order valence-corrected chi connectivity index (χ3v) is 5.38. The maximum atomic E-state index is 5.99. The lowest BCUT2D eigenvalue weighted by atomic mass is 9.96. The molecule has 0 saturated heterocycles. The van der Waals surface area contributed by atoms with Gasteiger partial charge in [0.2, 0.25) is 0 Å². The predicted molar refractivity (Wildman–Crippen MR) is 81.7 cm³/mol. The number of guanidine groups is 1. The first-order chi connectivity index (χ1) is 9.31. The molecule has 1 heterocycles. The lowest BCUT2D eigenvalue weighted by Crippen LogP contribution is -2.41. The Morgan fingerprint density at radius 2 is 2.11 bits per heavy atom. The molecule has 0 bridgehead atoms. The first-order valence-corrected chi connectivity index (χ1v) is 8.30. The van der Waals surface area contributed by atoms with E-state index in [0.717, 1.165) is 6.54 Å². The van der Waals surface area contributed by atoms with Gasteiger partial charge < -0.3 is 11.1 Å². The van der Waals surface area contributed by atoms with Crippen LogP contribution in [0.4, 0.5) is 0 Å². The number of nitrogens with zero attached hydrogens (tertiary/aromatic N) is 1. The smallest absolute Gasteiger partial charge is 0.189 e. The van der Waals surface area contributed by atoms with E-state index >= 15 is 0 Å². The minimum Gasteiger partial charge on any atom is -0.370 e. The summed E-state index contributed by atoms with van der Waals surface area (Å²) in [5.41, 5.74) is 7.54. The molecular weight excluding hydrogens is 254 g/mol. The summed E-state index contributed by atoms with van der Waals surface area (Å²) in [6, 6.07) is 2.87. The van der Waals surface area contributed by atoms with Crippen LogP contribution < -0.4 is 11.1 Å². The Bertz CT molecular complexity index is 436. The molecule has 0 radical (unpaired) electrons. The van der Waals surface area contributed by atoms with E-state index in [1.54, 1.807) is 10.4 Å². The summed E-state index contributed by atoms with van der Waals surface area (Å²) in [6.07, 6.45) is 10.3. The number of thiophene rings is 1. The SMILES string of the molecule is NC(=NCc1cc2c(s1)CCC2)NC1CCCCC1. The normalized spacial score (nSPS) is 20.5. The number of fused-ring (bicyclic) bond motifs is 1. The lowest BCUT2D eigenvalue weighted by Gasteiger charge is -2.23. The van der Waals surface area contributed by atoms with E-state index < -0.39 is 0 Å². The fraction of sp³-hybridized carbons (Fsp3) is 0.667. The summed E-state index contributed by atoms with van der Waals surface area (Å²) in [6.45, 7) is 0.739. The van der Waals surface area contributed by atoms with Gasteiger partial charge in [0, 0.05) is 15.8 Å². The van der Waals surface area contributed by atoms with E-state index in [4.69, 9.17) is 5.73 Å². The molecule has 0 spiro atoms. The van der Waals surface area contributed by atoms with E-state index in [-0.39, 0.29) is 0 Å². The molecule has 0 aromatic carbocycles. The second-order valence-corrected chi connectivity index (χ2v) is 6.92. The minimum atomic E-state index is 0.547. The molecule has 3 N–H and O–H groups in total. The Morgan fingerprint density at radius 3 is 2.89 bits per heavy atom. The van der Waals surface area contributed by atoms with E-state index in [2.05, 4.69) is 16.4 Å². The summed E-state index contributed by atoms with van der Waals surface area (Å²) in [7, 11) is 0. The topological polar surface area (TPSA) is 50.4 Å². The van der Waals surface area contributed by atoms with Gasteiger partial charge in [0.15, 0.2) is 5.96 Å². The third-order valence-electron chi connectivity index (χ3n) is 4.16. The van der Waals surface area contributed by atoms with Gasteiger partial charge in [0.25, 0.3) is 0 Å². The highest BCUT2D eigenvalue weighted by Gasteiger charge is 2.15. The molecule has 1 saturated carbocycles. The van der Waals surface area contributed by atoms with Crippen molar-refractivity contribution in [2.45, 2.75) is 64.0 Å². The monoisotopic (exact) mass is 277 g/mol. The number of nitrogens with two attached hydrogens (primary N) is 1. The molecule has 3 rings (SSSR count). The van der Waals surface area contributed by atoms with Crippen LogP contribution in [0.15, 0.2) is 11.1 Å². The first kappa shape index (κ1) is 13.0. The van der Waals surface area contributed by atoms with Crippen LogP contribution in [0, 0.1) is 0 Å². The van der Waals surface area contributed by atoms with Gasteiger partial charge in [-0.1, -0.05) is 19.3 Å². The maximum absolute atomic E-state index is 5.99. The number of aryl methyl sites for hydroxylation is 2. The molecular formula is C15H23N3S. The summed E-state index contributed by atoms with van der Waals surface area (Å²) in [5.74, 6) is 0.625. The van der Waals surface area contributed by atoms with Crippen LogP contribution in [0.25, 0.3) is 0 Å². The van der Waals surface area contributed by atoms with Gasteiger partial charge in [0.05, 0.1) is 6.54 Å². The van der Waals surface area contributed by atoms with Crippen LogP contribution in [0.3, 0.4) is 0 Å². The van der Waals surface area contributed by atoms with Gasteiger partial charge in [-0.15, -0.1) is 11.3 Å². The molecule has 0 atom stereocenters. The largest absolute Gasteiger partial charge is 0.370 e. The lowest BCUT2D eigenvalue weighted by molar-refractivity contribution is 0.412. The second kappa shape index (κ2) is 5.95. The molecule has 0 amide bonds. The average Bonchev–Trinajstić information content (AvgIpc) is 2.98. The van der Waals surface area contributed by atoms with Crippen LogP contribution in [-0.4, -0.2) is 12.0 Å². The molecule has 19 heavy (non-hydrogen) atoms. The molecule has 3 nitrogen and oxygen atoms in total. The first-order valence-electron chi connectivity index (χ1n) is 7.48. The van der Waals surface area contributed by atoms with Crippen molar-refractivity contribution in [3.8, 4) is 0 Å². The van der Waals surface area contributed by atoms with Crippen molar-refractivity contribution in [2.75, 3.05) is 0 Å². The summed E-state index contributed by atoms with van der Waals surface area (Å²) in [4.78, 5) is 7.43. The Balaban J connectivity index is 1.52. The minimum absolute atomic E-state index is 0.547. The molecule has 0 aliphatic heterocycles. The Labute approximate surface area is 119 Å². The zero-order valence-electron chi connectivity index (χ0n) is 11.5. The molecule has 104 valence electrons. The van der Waals surface area contributed by atoms with Gasteiger partial charge in [-0.25, -0.2) is 4.99 Å². The van der Waals surface area contributed by atoms with Gasteiger partial charge in [-0.3, -0.25) is 0 Å². The van der Waals surface area contributed by atoms with E-state index in [0.29, 0.717) is 12.0 Å². The quantitative estimate of drug-likeness (QED) is 0.659. The maximum Gasteiger partial charge on any atom is 0.189 e. The third kappa shape index (κ3) is 3.30. The highest BCUT2D eigenvalue weighted by atomic mass is 32.1. The highest BCUT2D eigenvalue weighted by Crippen LogP contribution is 2.30. The predicted octanol–water partition coefficient (Wildman–Crippen LogP) is 2.97. The Kier molecular flexibility index (Phi) is 4.06. The van der Waals surface area contributed by atoms with Gasteiger partial charge in [-0.2, -0.15) is 0 Å². The second-order valence-electron chi connectivity index (χ2n) is 5.70. The molecule has 4 heteroatoms. The van der Waals surface area contributed by atoms with Crippen molar-refractivity contribution < 1.29 is 0 Å². The van der Waals surface area contributed by atoms with Crippen molar-refractivity contribution in [3.05, 3.63) is 21.4 Å². The van der Waals surface area contributed by atoms with Crippen molar-refractivity contribution in [3.63, 3.8) is 0 Å². The number of hydrogen-bond donors (Lipinski definition) is 2. The summed E-state index contributed by atoms with van der Waals surface area (Å²) < 4.78 is 0.